The van der Waals surface area contributed by atoms with Crippen molar-refractivity contribution < 1.29 is 18.3 Å². The summed E-state index contributed by atoms with van der Waals surface area (Å²) in [5.74, 6) is -2.53. The van der Waals surface area contributed by atoms with Crippen molar-refractivity contribution in [2.24, 2.45) is 0 Å². The molecular formula is C12H14F2N2O2. The highest BCUT2D eigenvalue weighted by Crippen LogP contribution is 2.20. The molecule has 0 saturated carbocycles. The number of rotatable bonds is 1. The van der Waals surface area contributed by atoms with Crippen LogP contribution in [-0.4, -0.2) is 36.6 Å². The van der Waals surface area contributed by atoms with Crippen molar-refractivity contribution in [1.82, 2.24) is 4.90 Å². The summed E-state index contributed by atoms with van der Waals surface area (Å²) in [6.45, 7) is 3.10. The van der Waals surface area contributed by atoms with Crippen molar-refractivity contribution in [1.29, 1.82) is 0 Å². The first-order valence-electron chi connectivity index (χ1n) is 5.64. The molecule has 0 spiro atoms. The summed E-state index contributed by atoms with van der Waals surface area (Å²) in [5, 5.41) is 0. The van der Waals surface area contributed by atoms with E-state index in [2.05, 4.69) is 0 Å². The molecule has 1 fully saturated rings. The Hall–Kier alpha value is -1.69. The number of halogens is 2. The van der Waals surface area contributed by atoms with E-state index in [-0.39, 0.29) is 17.3 Å². The molecule has 1 aliphatic rings. The molecule has 2 rings (SSSR count). The van der Waals surface area contributed by atoms with Crippen molar-refractivity contribution in [2.45, 2.75) is 13.0 Å². The highest BCUT2D eigenvalue weighted by atomic mass is 19.2. The van der Waals surface area contributed by atoms with E-state index in [1.807, 2.05) is 6.92 Å². The van der Waals surface area contributed by atoms with Gasteiger partial charge in [0, 0.05) is 18.3 Å². The molecule has 1 aliphatic heterocycles. The number of nitrogens with zero attached hydrogens (tertiary/aromatic N) is 1. The second-order valence-corrected chi connectivity index (χ2v) is 4.28. The zero-order valence-electron chi connectivity index (χ0n) is 9.95. The van der Waals surface area contributed by atoms with E-state index in [9.17, 15) is 13.6 Å². The molecule has 0 bridgehead atoms. The number of anilines is 1. The molecule has 1 saturated heterocycles. The Morgan fingerprint density at radius 1 is 1.44 bits per heavy atom. The number of carbonyl (C=O) groups is 1. The number of nitrogen functional groups attached to an aromatic ring is 1. The Kier molecular flexibility index (Phi) is 3.47. The van der Waals surface area contributed by atoms with E-state index in [0.717, 1.165) is 12.1 Å². The van der Waals surface area contributed by atoms with E-state index in [1.165, 1.54) is 0 Å². The molecule has 98 valence electrons. The Bertz CT molecular complexity index is 479. The Labute approximate surface area is 103 Å². The fourth-order valence-electron chi connectivity index (χ4n) is 1.93. The third-order valence-corrected chi connectivity index (χ3v) is 2.95. The highest BCUT2D eigenvalue weighted by Gasteiger charge is 2.26. The van der Waals surface area contributed by atoms with E-state index in [1.54, 1.807) is 4.90 Å². The summed E-state index contributed by atoms with van der Waals surface area (Å²) in [4.78, 5) is 13.7. The van der Waals surface area contributed by atoms with Crippen LogP contribution in [0.1, 0.15) is 17.3 Å². The average Bonchev–Trinajstić information content (AvgIpc) is 2.33. The molecular weight excluding hydrogens is 242 g/mol. The lowest BCUT2D eigenvalue weighted by molar-refractivity contribution is 0.00362. The molecule has 6 heteroatoms. The summed E-state index contributed by atoms with van der Waals surface area (Å²) in [7, 11) is 0. The number of nitrogens with two attached hydrogens (primary N) is 1. The minimum Gasteiger partial charge on any atom is -0.398 e. The van der Waals surface area contributed by atoms with Gasteiger partial charge in [-0.25, -0.2) is 8.78 Å². The van der Waals surface area contributed by atoms with Crippen molar-refractivity contribution in [3.8, 4) is 0 Å². The Morgan fingerprint density at radius 3 is 2.78 bits per heavy atom. The van der Waals surface area contributed by atoms with Gasteiger partial charge >= 0.3 is 0 Å². The molecule has 0 aliphatic carbocycles. The van der Waals surface area contributed by atoms with Gasteiger partial charge in [0.25, 0.3) is 5.91 Å². The van der Waals surface area contributed by atoms with Crippen LogP contribution in [0.4, 0.5) is 14.5 Å². The summed E-state index contributed by atoms with van der Waals surface area (Å²) < 4.78 is 31.3. The van der Waals surface area contributed by atoms with Crippen molar-refractivity contribution in [3.63, 3.8) is 0 Å². The molecule has 1 aromatic carbocycles. The molecule has 1 heterocycles. The van der Waals surface area contributed by atoms with Gasteiger partial charge in [-0.05, 0) is 13.0 Å². The Morgan fingerprint density at radius 2 is 2.11 bits per heavy atom. The lowest BCUT2D eigenvalue weighted by Crippen LogP contribution is -2.47. The topological polar surface area (TPSA) is 55.6 Å². The summed E-state index contributed by atoms with van der Waals surface area (Å²) in [5.41, 5.74) is 5.49. The third-order valence-electron chi connectivity index (χ3n) is 2.95. The predicted molar refractivity (Wildman–Crippen MR) is 62.1 cm³/mol. The molecule has 4 nitrogen and oxygen atoms in total. The van der Waals surface area contributed by atoms with Gasteiger partial charge in [-0.1, -0.05) is 0 Å². The van der Waals surface area contributed by atoms with Crippen molar-refractivity contribution >= 4 is 11.6 Å². The molecule has 18 heavy (non-hydrogen) atoms. The van der Waals surface area contributed by atoms with E-state index >= 15 is 0 Å². The smallest absolute Gasteiger partial charge is 0.256 e. The number of carbonyl (C=O) groups excluding carboxylic acids is 1. The number of ether oxygens (including phenoxy) is 1. The fourth-order valence-corrected chi connectivity index (χ4v) is 1.93. The first kappa shape index (κ1) is 12.8. The quantitative estimate of drug-likeness (QED) is 0.773. The molecule has 0 aromatic heterocycles. The Balaban J connectivity index is 2.30. The number of amides is 1. The first-order chi connectivity index (χ1) is 8.50. The number of benzene rings is 1. The van der Waals surface area contributed by atoms with E-state index < -0.39 is 17.5 Å². The van der Waals surface area contributed by atoms with E-state index in [4.69, 9.17) is 10.5 Å². The number of hydrogen-bond acceptors (Lipinski definition) is 3. The van der Waals surface area contributed by atoms with Gasteiger partial charge in [0.2, 0.25) is 0 Å². The maximum atomic E-state index is 13.2. The summed E-state index contributed by atoms with van der Waals surface area (Å²) in [6.07, 6.45) is 0. The normalized spacial score (nSPS) is 19.9. The van der Waals surface area contributed by atoms with Crippen LogP contribution >= 0.6 is 0 Å². The van der Waals surface area contributed by atoms with Crippen LogP contribution in [0.5, 0.6) is 0 Å². The van der Waals surface area contributed by atoms with Gasteiger partial charge in [0.1, 0.15) is 0 Å². The van der Waals surface area contributed by atoms with Crippen LogP contribution < -0.4 is 5.73 Å². The van der Waals surface area contributed by atoms with Crippen LogP contribution in [0.15, 0.2) is 12.1 Å². The lowest BCUT2D eigenvalue weighted by atomic mass is 10.1. The van der Waals surface area contributed by atoms with Crippen LogP contribution in [-0.2, 0) is 4.74 Å². The maximum absolute atomic E-state index is 13.2. The number of hydrogen-bond donors (Lipinski definition) is 1. The third kappa shape index (κ3) is 2.28. The minimum absolute atomic E-state index is 0.0114. The van der Waals surface area contributed by atoms with Gasteiger partial charge in [-0.2, -0.15) is 0 Å². The zero-order chi connectivity index (χ0) is 13.3. The van der Waals surface area contributed by atoms with Crippen LogP contribution in [0.25, 0.3) is 0 Å². The van der Waals surface area contributed by atoms with Gasteiger partial charge in [0.15, 0.2) is 11.6 Å². The lowest BCUT2D eigenvalue weighted by Gasteiger charge is -2.33. The largest absolute Gasteiger partial charge is 0.398 e. The molecule has 1 amide bonds. The van der Waals surface area contributed by atoms with Gasteiger partial charge in [0.05, 0.1) is 24.8 Å². The standard InChI is InChI=1S/C12H14F2N2O2/c1-7-6-18-3-2-16(7)12(17)8-4-9(13)10(14)5-11(8)15/h4-5,7H,2-3,6,15H2,1H3. The second kappa shape index (κ2) is 4.89. The fraction of sp³-hybridized carbons (Fsp3) is 0.417. The maximum Gasteiger partial charge on any atom is 0.256 e. The molecule has 1 aromatic rings. The summed E-state index contributed by atoms with van der Waals surface area (Å²) >= 11 is 0. The predicted octanol–water partition coefficient (Wildman–Crippen LogP) is 1.41. The van der Waals surface area contributed by atoms with Gasteiger partial charge in [-0.15, -0.1) is 0 Å². The molecule has 1 atom stereocenters. The van der Waals surface area contributed by atoms with Gasteiger partial charge in [-0.3, -0.25) is 4.79 Å². The highest BCUT2D eigenvalue weighted by molar-refractivity contribution is 5.99. The monoisotopic (exact) mass is 256 g/mol. The van der Waals surface area contributed by atoms with Crippen LogP contribution in [0.3, 0.4) is 0 Å². The molecule has 2 N–H and O–H groups in total. The van der Waals surface area contributed by atoms with Crippen molar-refractivity contribution in [3.05, 3.63) is 29.3 Å². The zero-order valence-corrected chi connectivity index (χ0v) is 9.95. The summed E-state index contributed by atoms with van der Waals surface area (Å²) in [6, 6.07) is 1.56. The average molecular weight is 256 g/mol. The van der Waals surface area contributed by atoms with Crippen LogP contribution in [0.2, 0.25) is 0 Å². The minimum atomic E-state index is -1.08. The van der Waals surface area contributed by atoms with Crippen LogP contribution in [0, 0.1) is 11.6 Å². The second-order valence-electron chi connectivity index (χ2n) is 4.28. The van der Waals surface area contributed by atoms with E-state index in [0.29, 0.717) is 19.8 Å². The number of morpholine rings is 1. The first-order valence-corrected chi connectivity index (χ1v) is 5.64. The molecule has 1 unspecified atom stereocenters. The van der Waals surface area contributed by atoms with Gasteiger partial charge < -0.3 is 15.4 Å². The van der Waals surface area contributed by atoms with Crippen molar-refractivity contribution in [2.75, 3.05) is 25.5 Å². The SMILES string of the molecule is CC1COCCN1C(=O)c1cc(F)c(F)cc1N. The molecule has 0 radical (unpaired) electrons.